The molecule has 0 aliphatic carbocycles. The number of hydrogen-bond acceptors (Lipinski definition) is 4. The van der Waals surface area contributed by atoms with E-state index in [0.717, 1.165) is 37.8 Å². The minimum atomic E-state index is -2.98. The van der Waals surface area contributed by atoms with Gasteiger partial charge in [0.2, 0.25) is 0 Å². The third-order valence-electron chi connectivity index (χ3n) is 4.13. The van der Waals surface area contributed by atoms with Crippen molar-refractivity contribution in [1.29, 1.82) is 0 Å². The van der Waals surface area contributed by atoms with Crippen LogP contribution in [0.5, 0.6) is 5.75 Å². The van der Waals surface area contributed by atoms with E-state index in [9.17, 15) is 8.42 Å². The number of ether oxygens (including phenoxy) is 1. The maximum absolute atomic E-state index is 11.3. The Bertz CT molecular complexity index is 662. The second-order valence-corrected chi connectivity index (χ2v) is 8.33. The van der Waals surface area contributed by atoms with Crippen molar-refractivity contribution in [2.45, 2.75) is 19.3 Å². The second kappa shape index (κ2) is 10.2. The monoisotopic (exact) mass is 481 g/mol. The molecule has 1 unspecified atom stereocenters. The van der Waals surface area contributed by atoms with E-state index >= 15 is 0 Å². The average molecular weight is 481 g/mol. The molecule has 25 heavy (non-hydrogen) atoms. The van der Waals surface area contributed by atoms with Gasteiger partial charge in [-0.2, -0.15) is 0 Å². The van der Waals surface area contributed by atoms with E-state index in [1.54, 1.807) is 7.11 Å². The highest BCUT2D eigenvalue weighted by atomic mass is 127. The zero-order chi connectivity index (χ0) is 17.6. The van der Waals surface area contributed by atoms with Crippen LogP contribution in [0.1, 0.15) is 24.8 Å². The standard InChI is InChI=1S/C17H27N3O3S.HI/c1-4-18-17(19-10-12-24(3,21)22)20-11-9-15(13-20)14-5-7-16(23-2)8-6-14;/h5-8,15H,4,9-13H2,1-3H3,(H,18,19);1H. The molecule has 8 heteroatoms. The molecule has 142 valence electrons. The van der Waals surface area contributed by atoms with E-state index in [0.29, 0.717) is 12.5 Å². The molecule has 1 aromatic rings. The molecule has 1 fully saturated rings. The normalized spacial score (nSPS) is 18.0. The summed E-state index contributed by atoms with van der Waals surface area (Å²) in [7, 11) is -1.32. The number of halogens is 1. The molecule has 0 bridgehead atoms. The molecule has 1 aliphatic rings. The van der Waals surface area contributed by atoms with Gasteiger partial charge in [-0.3, -0.25) is 4.99 Å². The van der Waals surface area contributed by atoms with Crippen LogP contribution >= 0.6 is 24.0 Å². The van der Waals surface area contributed by atoms with Crippen molar-refractivity contribution in [3.63, 3.8) is 0 Å². The van der Waals surface area contributed by atoms with Crippen LogP contribution < -0.4 is 10.1 Å². The lowest BCUT2D eigenvalue weighted by Gasteiger charge is -2.21. The molecule has 0 amide bonds. The number of benzene rings is 1. The topological polar surface area (TPSA) is 71.0 Å². The van der Waals surface area contributed by atoms with Crippen LogP contribution in [0, 0.1) is 0 Å². The van der Waals surface area contributed by atoms with Gasteiger partial charge in [0, 0.05) is 31.8 Å². The highest BCUT2D eigenvalue weighted by Crippen LogP contribution is 2.28. The maximum Gasteiger partial charge on any atom is 0.193 e. The first kappa shape index (κ1) is 22.0. The van der Waals surface area contributed by atoms with Crippen LogP contribution in [0.2, 0.25) is 0 Å². The van der Waals surface area contributed by atoms with Gasteiger partial charge >= 0.3 is 0 Å². The van der Waals surface area contributed by atoms with Gasteiger partial charge in [-0.05, 0) is 31.0 Å². The van der Waals surface area contributed by atoms with E-state index in [-0.39, 0.29) is 29.7 Å². The van der Waals surface area contributed by atoms with Gasteiger partial charge in [-0.25, -0.2) is 8.42 Å². The van der Waals surface area contributed by atoms with E-state index in [2.05, 4.69) is 27.3 Å². The van der Waals surface area contributed by atoms with Crippen molar-refractivity contribution in [3.05, 3.63) is 29.8 Å². The predicted octanol–water partition coefficient (Wildman–Crippen LogP) is 2.11. The SMILES string of the molecule is CCNC(=NCCS(C)(=O)=O)N1CCC(c2ccc(OC)cc2)C1.I. The second-order valence-electron chi connectivity index (χ2n) is 6.07. The van der Waals surface area contributed by atoms with Crippen LogP contribution in [0.25, 0.3) is 0 Å². The smallest absolute Gasteiger partial charge is 0.193 e. The molecule has 0 saturated carbocycles. The Kier molecular flexibility index (Phi) is 8.98. The fourth-order valence-electron chi connectivity index (χ4n) is 2.84. The summed E-state index contributed by atoms with van der Waals surface area (Å²) in [4.78, 5) is 6.68. The van der Waals surface area contributed by atoms with Crippen molar-refractivity contribution in [1.82, 2.24) is 10.2 Å². The summed E-state index contributed by atoms with van der Waals surface area (Å²) in [5.74, 6) is 2.20. The number of aliphatic imine (C=N–C) groups is 1. The van der Waals surface area contributed by atoms with Gasteiger partial charge in [0.25, 0.3) is 0 Å². The quantitative estimate of drug-likeness (QED) is 0.383. The summed E-state index contributed by atoms with van der Waals surface area (Å²) in [6.07, 6.45) is 2.30. The Morgan fingerprint density at radius 2 is 2.04 bits per heavy atom. The number of hydrogen-bond donors (Lipinski definition) is 1. The molecule has 0 radical (unpaired) electrons. The van der Waals surface area contributed by atoms with Gasteiger partial charge in [-0.15, -0.1) is 24.0 Å². The van der Waals surface area contributed by atoms with Crippen molar-refractivity contribution >= 4 is 39.8 Å². The van der Waals surface area contributed by atoms with Crippen molar-refractivity contribution in [2.24, 2.45) is 4.99 Å². The Labute approximate surface area is 168 Å². The molecular formula is C17H28IN3O3S. The highest BCUT2D eigenvalue weighted by Gasteiger charge is 2.26. The zero-order valence-electron chi connectivity index (χ0n) is 15.1. The number of methoxy groups -OCH3 is 1. The minimum Gasteiger partial charge on any atom is -0.497 e. The molecule has 1 heterocycles. The first-order valence-electron chi connectivity index (χ1n) is 8.28. The summed E-state index contributed by atoms with van der Waals surface area (Å²) >= 11 is 0. The zero-order valence-corrected chi connectivity index (χ0v) is 18.2. The molecule has 1 atom stereocenters. The molecule has 0 aromatic heterocycles. The number of likely N-dealkylation sites (tertiary alicyclic amines) is 1. The van der Waals surface area contributed by atoms with E-state index in [4.69, 9.17) is 4.74 Å². The van der Waals surface area contributed by atoms with Gasteiger partial charge in [0.15, 0.2) is 5.96 Å². The van der Waals surface area contributed by atoms with Crippen LogP contribution in [0.15, 0.2) is 29.3 Å². The molecule has 1 N–H and O–H groups in total. The van der Waals surface area contributed by atoms with Crippen molar-refractivity contribution < 1.29 is 13.2 Å². The Morgan fingerprint density at radius 1 is 1.36 bits per heavy atom. The third kappa shape index (κ3) is 7.01. The maximum atomic E-state index is 11.3. The van der Waals surface area contributed by atoms with Crippen molar-refractivity contribution in [3.8, 4) is 5.75 Å². The lowest BCUT2D eigenvalue weighted by Crippen LogP contribution is -2.40. The summed E-state index contributed by atoms with van der Waals surface area (Å²) in [5.41, 5.74) is 1.30. The van der Waals surface area contributed by atoms with Crippen LogP contribution in [-0.4, -0.2) is 64.6 Å². The summed E-state index contributed by atoms with van der Waals surface area (Å²) in [6.45, 7) is 4.88. The van der Waals surface area contributed by atoms with Gasteiger partial charge in [-0.1, -0.05) is 12.1 Å². The molecular weight excluding hydrogens is 453 g/mol. The van der Waals surface area contributed by atoms with Gasteiger partial charge in [0.1, 0.15) is 15.6 Å². The number of guanidine groups is 1. The third-order valence-corrected chi connectivity index (χ3v) is 5.06. The largest absolute Gasteiger partial charge is 0.497 e. The Balaban J connectivity index is 0.00000312. The van der Waals surface area contributed by atoms with Gasteiger partial charge < -0.3 is 15.0 Å². The minimum absolute atomic E-state index is 0. The van der Waals surface area contributed by atoms with Crippen molar-refractivity contribution in [2.75, 3.05) is 45.3 Å². The number of sulfone groups is 1. The van der Waals surface area contributed by atoms with Crippen LogP contribution in [0.3, 0.4) is 0 Å². The summed E-state index contributed by atoms with van der Waals surface area (Å²) in [6, 6.07) is 8.20. The van der Waals surface area contributed by atoms with E-state index < -0.39 is 9.84 Å². The number of nitrogens with one attached hydrogen (secondary N) is 1. The number of nitrogens with zero attached hydrogens (tertiary/aromatic N) is 2. The predicted molar refractivity (Wildman–Crippen MR) is 113 cm³/mol. The molecule has 0 spiro atoms. The van der Waals surface area contributed by atoms with E-state index in [1.165, 1.54) is 11.8 Å². The summed E-state index contributed by atoms with van der Waals surface area (Å²) < 4.78 is 27.7. The fraction of sp³-hybridized carbons (Fsp3) is 0.588. The Morgan fingerprint density at radius 3 is 2.60 bits per heavy atom. The average Bonchev–Trinajstić information content (AvgIpc) is 3.03. The first-order chi connectivity index (χ1) is 11.4. The molecule has 1 aromatic carbocycles. The molecule has 6 nitrogen and oxygen atoms in total. The lowest BCUT2D eigenvalue weighted by molar-refractivity contribution is 0.414. The van der Waals surface area contributed by atoms with Crippen LogP contribution in [0.4, 0.5) is 0 Å². The Hall–Kier alpha value is -1.03. The molecule has 1 aliphatic heterocycles. The van der Waals surface area contributed by atoms with Gasteiger partial charge in [0.05, 0.1) is 19.4 Å². The van der Waals surface area contributed by atoms with Crippen LogP contribution in [-0.2, 0) is 9.84 Å². The summed E-state index contributed by atoms with van der Waals surface area (Å²) in [5, 5.41) is 3.26. The number of rotatable bonds is 6. The lowest BCUT2D eigenvalue weighted by atomic mass is 9.98. The fourth-order valence-corrected chi connectivity index (χ4v) is 3.27. The molecule has 1 saturated heterocycles. The molecule has 2 rings (SSSR count). The highest BCUT2D eigenvalue weighted by molar-refractivity contribution is 14.0. The first-order valence-corrected chi connectivity index (χ1v) is 10.3. The van der Waals surface area contributed by atoms with E-state index in [1.807, 2.05) is 19.1 Å².